The molecule has 0 aliphatic rings. The third-order valence-electron chi connectivity index (χ3n) is 2.78. The van der Waals surface area contributed by atoms with Crippen LogP contribution in [0.1, 0.15) is 5.56 Å². The van der Waals surface area contributed by atoms with Crippen molar-refractivity contribution in [2.45, 2.75) is 11.8 Å². The third-order valence-corrected chi connectivity index (χ3v) is 3.83. The molecule has 0 saturated carbocycles. The summed E-state index contributed by atoms with van der Waals surface area (Å²) in [7, 11) is -4.20. The Morgan fingerprint density at radius 3 is 2.33 bits per heavy atom. The van der Waals surface area contributed by atoms with Gasteiger partial charge in [-0.15, -0.1) is 0 Å². The Kier molecular flexibility index (Phi) is 4.56. The zero-order valence-electron chi connectivity index (χ0n) is 11.2. The summed E-state index contributed by atoms with van der Waals surface area (Å²) in [5.41, 5.74) is 2.17. The average Bonchev–Trinajstić information content (AvgIpc) is 2.41. The van der Waals surface area contributed by atoms with Gasteiger partial charge in [0.05, 0.1) is 4.90 Å². The highest BCUT2D eigenvalue weighted by molar-refractivity contribution is 7.85. The molecule has 0 unspecified atom stereocenters. The number of benzene rings is 2. The van der Waals surface area contributed by atoms with E-state index in [0.29, 0.717) is 16.4 Å². The lowest BCUT2D eigenvalue weighted by molar-refractivity contribution is 0.483. The Morgan fingerprint density at radius 2 is 1.76 bits per heavy atom. The predicted molar refractivity (Wildman–Crippen MR) is 87.3 cm³/mol. The third kappa shape index (κ3) is 4.25. The van der Waals surface area contributed by atoms with Crippen molar-refractivity contribution in [2.75, 3.05) is 10.6 Å². The van der Waals surface area contributed by atoms with Crippen LogP contribution in [0.2, 0.25) is 0 Å². The molecule has 0 aliphatic carbocycles. The summed E-state index contributed by atoms with van der Waals surface area (Å²) in [5, 5.41) is 6.39. The molecular weight excluding hydrogens is 308 g/mol. The second-order valence-corrected chi connectivity index (χ2v) is 6.23. The molecule has 2 aromatic rings. The van der Waals surface area contributed by atoms with Crippen LogP contribution in [0.25, 0.3) is 0 Å². The van der Waals surface area contributed by atoms with Crippen molar-refractivity contribution in [3.8, 4) is 0 Å². The van der Waals surface area contributed by atoms with E-state index in [2.05, 4.69) is 10.6 Å². The lowest BCUT2D eigenvalue weighted by Gasteiger charge is -2.13. The zero-order valence-corrected chi connectivity index (χ0v) is 12.8. The summed E-state index contributed by atoms with van der Waals surface area (Å²) in [4.78, 5) is -0.146. The minimum absolute atomic E-state index is 0.146. The van der Waals surface area contributed by atoms with Crippen molar-refractivity contribution >= 4 is 38.8 Å². The molecule has 0 amide bonds. The molecule has 0 aromatic heterocycles. The Labute approximate surface area is 128 Å². The fraction of sp³-hybridized carbons (Fsp3) is 0.0714. The van der Waals surface area contributed by atoms with Gasteiger partial charge in [0.15, 0.2) is 5.11 Å². The maximum Gasteiger partial charge on any atom is 0.294 e. The van der Waals surface area contributed by atoms with Gasteiger partial charge in [0, 0.05) is 11.4 Å². The lowest BCUT2D eigenvalue weighted by atomic mass is 10.2. The number of anilines is 2. The van der Waals surface area contributed by atoms with Crippen LogP contribution in [0.5, 0.6) is 0 Å². The molecule has 110 valence electrons. The Bertz CT molecular complexity index is 759. The summed E-state index contributed by atoms with van der Waals surface area (Å²) in [6, 6.07) is 13.7. The molecule has 0 atom stereocenters. The molecule has 0 spiro atoms. The first-order valence-corrected chi connectivity index (χ1v) is 7.92. The average molecular weight is 322 g/mol. The summed E-state index contributed by atoms with van der Waals surface area (Å²) in [6.45, 7) is 1.72. The molecule has 2 aromatic carbocycles. The molecule has 0 bridgehead atoms. The molecule has 21 heavy (non-hydrogen) atoms. The minimum atomic E-state index is -4.20. The van der Waals surface area contributed by atoms with Gasteiger partial charge in [-0.1, -0.05) is 18.2 Å². The standard InChI is InChI=1S/C14H14N2O3S2/c1-10-9-12(21(17,18)19)7-8-13(10)16-14(20)15-11-5-3-2-4-6-11/h2-9H,1H3,(H2,15,16,20)(H,17,18,19). The number of hydrogen-bond acceptors (Lipinski definition) is 3. The summed E-state index contributed by atoms with van der Waals surface area (Å²) in [5.74, 6) is 0. The maximum absolute atomic E-state index is 11.1. The summed E-state index contributed by atoms with van der Waals surface area (Å²) in [6.07, 6.45) is 0. The van der Waals surface area contributed by atoms with Crippen molar-refractivity contribution < 1.29 is 13.0 Å². The van der Waals surface area contributed by atoms with Crippen LogP contribution >= 0.6 is 12.2 Å². The minimum Gasteiger partial charge on any atom is -0.332 e. The van der Waals surface area contributed by atoms with Gasteiger partial charge in [-0.3, -0.25) is 4.55 Å². The molecule has 0 aliphatic heterocycles. The van der Waals surface area contributed by atoms with E-state index in [1.807, 2.05) is 30.3 Å². The number of hydrogen-bond donors (Lipinski definition) is 3. The van der Waals surface area contributed by atoms with Crippen LogP contribution < -0.4 is 10.6 Å². The maximum atomic E-state index is 11.1. The quantitative estimate of drug-likeness (QED) is 0.595. The van der Waals surface area contributed by atoms with Gasteiger partial charge in [0.2, 0.25) is 0 Å². The highest BCUT2D eigenvalue weighted by Gasteiger charge is 2.11. The van der Waals surface area contributed by atoms with Crippen molar-refractivity contribution in [1.82, 2.24) is 0 Å². The molecule has 7 heteroatoms. The highest BCUT2D eigenvalue weighted by Crippen LogP contribution is 2.20. The smallest absolute Gasteiger partial charge is 0.294 e. The first kappa shape index (κ1) is 15.4. The Balaban J connectivity index is 2.11. The van der Waals surface area contributed by atoms with Gasteiger partial charge in [-0.2, -0.15) is 8.42 Å². The van der Waals surface area contributed by atoms with Crippen molar-refractivity contribution in [3.05, 3.63) is 54.1 Å². The molecule has 3 N–H and O–H groups in total. The van der Waals surface area contributed by atoms with E-state index < -0.39 is 10.1 Å². The first-order chi connectivity index (χ1) is 9.86. The van der Waals surface area contributed by atoms with Crippen LogP contribution in [0.4, 0.5) is 11.4 Å². The predicted octanol–water partition coefficient (Wildman–Crippen LogP) is 3.05. The SMILES string of the molecule is Cc1cc(S(=O)(=O)O)ccc1NC(=S)Nc1ccccc1. The molecule has 0 radical (unpaired) electrons. The second-order valence-electron chi connectivity index (χ2n) is 4.40. The molecule has 0 heterocycles. The van der Waals surface area contributed by atoms with Gasteiger partial charge < -0.3 is 10.6 Å². The van der Waals surface area contributed by atoms with E-state index in [-0.39, 0.29) is 4.90 Å². The Morgan fingerprint density at radius 1 is 1.10 bits per heavy atom. The van der Waals surface area contributed by atoms with Crippen molar-refractivity contribution in [1.29, 1.82) is 0 Å². The molecule has 5 nitrogen and oxygen atoms in total. The van der Waals surface area contributed by atoms with E-state index in [9.17, 15) is 8.42 Å². The molecular formula is C14H14N2O3S2. The van der Waals surface area contributed by atoms with E-state index in [1.54, 1.807) is 13.0 Å². The van der Waals surface area contributed by atoms with E-state index in [4.69, 9.17) is 16.8 Å². The molecule has 2 rings (SSSR count). The van der Waals surface area contributed by atoms with E-state index in [1.165, 1.54) is 12.1 Å². The monoisotopic (exact) mass is 322 g/mol. The second kappa shape index (κ2) is 6.21. The number of aryl methyl sites for hydroxylation is 1. The zero-order chi connectivity index (χ0) is 15.5. The van der Waals surface area contributed by atoms with Crippen LogP contribution in [0, 0.1) is 6.92 Å². The van der Waals surface area contributed by atoms with Crippen LogP contribution in [-0.2, 0) is 10.1 Å². The number of para-hydroxylation sites is 1. The number of thiocarbonyl (C=S) groups is 1. The number of nitrogens with one attached hydrogen (secondary N) is 2. The van der Waals surface area contributed by atoms with Crippen LogP contribution in [0.15, 0.2) is 53.4 Å². The van der Waals surface area contributed by atoms with E-state index in [0.717, 1.165) is 5.69 Å². The largest absolute Gasteiger partial charge is 0.332 e. The topological polar surface area (TPSA) is 78.4 Å². The molecule has 0 saturated heterocycles. The van der Waals surface area contributed by atoms with Gasteiger partial charge in [-0.25, -0.2) is 0 Å². The fourth-order valence-corrected chi connectivity index (χ4v) is 2.54. The van der Waals surface area contributed by atoms with Gasteiger partial charge in [0.25, 0.3) is 10.1 Å². The molecule has 0 fully saturated rings. The van der Waals surface area contributed by atoms with Gasteiger partial charge in [-0.05, 0) is 55.0 Å². The number of rotatable bonds is 3. The summed E-state index contributed by atoms with van der Waals surface area (Å²) >= 11 is 5.19. The fourth-order valence-electron chi connectivity index (χ4n) is 1.74. The summed E-state index contributed by atoms with van der Waals surface area (Å²) < 4.78 is 31.1. The van der Waals surface area contributed by atoms with Gasteiger partial charge >= 0.3 is 0 Å². The first-order valence-electron chi connectivity index (χ1n) is 6.07. The van der Waals surface area contributed by atoms with Crippen molar-refractivity contribution in [3.63, 3.8) is 0 Å². The van der Waals surface area contributed by atoms with Crippen LogP contribution in [0.3, 0.4) is 0 Å². The lowest BCUT2D eigenvalue weighted by Crippen LogP contribution is -2.19. The van der Waals surface area contributed by atoms with Crippen molar-refractivity contribution in [2.24, 2.45) is 0 Å². The highest BCUT2D eigenvalue weighted by atomic mass is 32.2. The normalized spacial score (nSPS) is 11.0. The van der Waals surface area contributed by atoms with E-state index >= 15 is 0 Å². The van der Waals surface area contributed by atoms with Crippen LogP contribution in [-0.4, -0.2) is 18.1 Å². The van der Waals surface area contributed by atoms with Gasteiger partial charge in [0.1, 0.15) is 0 Å². The Hall–Kier alpha value is -1.96.